The highest BCUT2D eigenvalue weighted by atomic mass is 35.5. The number of thiazole rings is 1. The van der Waals surface area contributed by atoms with Crippen LogP contribution in [-0.4, -0.2) is 44.3 Å². The number of nitrogens with zero attached hydrogens (tertiary/aromatic N) is 2. The lowest BCUT2D eigenvalue weighted by Crippen LogP contribution is -2.37. The Kier molecular flexibility index (Phi) is 5.99. The minimum Gasteiger partial charge on any atom is -0.496 e. The van der Waals surface area contributed by atoms with Crippen LogP contribution in [0.4, 0.5) is 11.4 Å². The third-order valence-electron chi connectivity index (χ3n) is 4.64. The van der Waals surface area contributed by atoms with Gasteiger partial charge in [-0.1, -0.05) is 29.8 Å². The Morgan fingerprint density at radius 3 is 2.79 bits per heavy atom. The van der Waals surface area contributed by atoms with Gasteiger partial charge in [0.05, 0.1) is 42.3 Å². The number of hydrogen-bond donors (Lipinski definition) is 1. The fourth-order valence-electron chi connectivity index (χ4n) is 3.23. The highest BCUT2D eigenvalue weighted by Crippen LogP contribution is 2.35. The number of methoxy groups -OCH3 is 1. The SMILES string of the molecule is COc1ccccc1-c1nc(C(=O)Nc2cccc(Cl)c2N2CCOCC2)cs1. The number of rotatable bonds is 5. The maximum Gasteiger partial charge on any atom is 0.275 e. The van der Waals surface area contributed by atoms with Gasteiger partial charge in [-0.05, 0) is 24.3 Å². The number of aromatic nitrogens is 1. The molecular formula is C21H20ClN3O3S. The Labute approximate surface area is 178 Å². The Hall–Kier alpha value is -2.61. The van der Waals surface area contributed by atoms with Gasteiger partial charge in [0.2, 0.25) is 0 Å². The summed E-state index contributed by atoms with van der Waals surface area (Å²) in [4.78, 5) is 19.5. The molecule has 1 saturated heterocycles. The minimum absolute atomic E-state index is 0.279. The molecule has 150 valence electrons. The Balaban J connectivity index is 1.58. The molecule has 0 radical (unpaired) electrons. The monoisotopic (exact) mass is 429 g/mol. The number of para-hydroxylation sites is 2. The van der Waals surface area contributed by atoms with Crippen molar-refractivity contribution in [3.8, 4) is 16.3 Å². The number of amides is 1. The maximum absolute atomic E-state index is 12.9. The van der Waals surface area contributed by atoms with E-state index in [9.17, 15) is 4.79 Å². The van der Waals surface area contributed by atoms with Crippen molar-refractivity contribution in [2.24, 2.45) is 0 Å². The molecule has 0 atom stereocenters. The molecule has 2 heterocycles. The average molecular weight is 430 g/mol. The van der Waals surface area contributed by atoms with E-state index in [4.69, 9.17) is 21.1 Å². The highest BCUT2D eigenvalue weighted by Gasteiger charge is 2.21. The van der Waals surface area contributed by atoms with Crippen LogP contribution in [0, 0.1) is 0 Å². The van der Waals surface area contributed by atoms with E-state index in [2.05, 4.69) is 15.2 Å². The van der Waals surface area contributed by atoms with Crippen molar-refractivity contribution in [1.29, 1.82) is 0 Å². The zero-order chi connectivity index (χ0) is 20.2. The number of halogens is 1. The van der Waals surface area contributed by atoms with Crippen LogP contribution in [0.5, 0.6) is 5.75 Å². The van der Waals surface area contributed by atoms with Crippen molar-refractivity contribution >= 4 is 40.2 Å². The molecule has 1 amide bonds. The Bertz CT molecular complexity index is 1020. The van der Waals surface area contributed by atoms with E-state index in [0.717, 1.165) is 35.1 Å². The molecule has 1 aromatic heterocycles. The van der Waals surface area contributed by atoms with Crippen molar-refractivity contribution in [2.75, 3.05) is 43.6 Å². The van der Waals surface area contributed by atoms with Gasteiger partial charge in [-0.15, -0.1) is 11.3 Å². The van der Waals surface area contributed by atoms with Gasteiger partial charge in [0.1, 0.15) is 16.5 Å². The number of anilines is 2. The van der Waals surface area contributed by atoms with Crippen LogP contribution in [0.3, 0.4) is 0 Å². The standard InChI is InChI=1S/C21H20ClN3O3S/c1-27-18-8-3-2-5-14(18)21-24-17(13-29-21)20(26)23-16-7-4-6-15(22)19(16)25-9-11-28-12-10-25/h2-8,13H,9-12H2,1H3,(H,23,26). The zero-order valence-electron chi connectivity index (χ0n) is 15.9. The first-order valence-electron chi connectivity index (χ1n) is 9.19. The molecule has 1 fully saturated rings. The predicted molar refractivity (Wildman–Crippen MR) is 117 cm³/mol. The summed E-state index contributed by atoms with van der Waals surface area (Å²) in [5, 5.41) is 6.04. The summed E-state index contributed by atoms with van der Waals surface area (Å²) in [6, 6.07) is 13.1. The van der Waals surface area contributed by atoms with Crippen LogP contribution in [-0.2, 0) is 4.74 Å². The lowest BCUT2D eigenvalue weighted by Gasteiger charge is -2.31. The van der Waals surface area contributed by atoms with Crippen molar-refractivity contribution in [1.82, 2.24) is 4.98 Å². The second-order valence-electron chi connectivity index (χ2n) is 6.43. The normalized spacial score (nSPS) is 13.9. The van der Waals surface area contributed by atoms with Crippen LogP contribution < -0.4 is 15.0 Å². The van der Waals surface area contributed by atoms with Gasteiger partial charge < -0.3 is 19.7 Å². The summed E-state index contributed by atoms with van der Waals surface area (Å²) < 4.78 is 10.8. The Morgan fingerprint density at radius 2 is 2.00 bits per heavy atom. The second kappa shape index (κ2) is 8.82. The molecule has 1 aliphatic rings. The third kappa shape index (κ3) is 4.22. The van der Waals surface area contributed by atoms with Crippen LogP contribution >= 0.6 is 22.9 Å². The van der Waals surface area contributed by atoms with E-state index in [-0.39, 0.29) is 5.91 Å². The fourth-order valence-corrected chi connectivity index (χ4v) is 4.36. The lowest BCUT2D eigenvalue weighted by atomic mass is 10.2. The summed E-state index contributed by atoms with van der Waals surface area (Å²) >= 11 is 7.85. The maximum atomic E-state index is 12.9. The van der Waals surface area contributed by atoms with E-state index in [1.54, 1.807) is 12.5 Å². The second-order valence-corrected chi connectivity index (χ2v) is 7.69. The largest absolute Gasteiger partial charge is 0.496 e. The van der Waals surface area contributed by atoms with E-state index >= 15 is 0 Å². The molecule has 2 aromatic carbocycles. The van der Waals surface area contributed by atoms with Crippen LogP contribution in [0.2, 0.25) is 5.02 Å². The third-order valence-corrected chi connectivity index (χ3v) is 5.82. The first-order chi connectivity index (χ1) is 14.2. The first-order valence-corrected chi connectivity index (χ1v) is 10.4. The van der Waals surface area contributed by atoms with Crippen molar-refractivity contribution in [2.45, 2.75) is 0 Å². The quantitative estimate of drug-likeness (QED) is 0.644. The van der Waals surface area contributed by atoms with Crippen molar-refractivity contribution in [3.05, 3.63) is 58.6 Å². The number of carbonyl (C=O) groups is 1. The van der Waals surface area contributed by atoms with Gasteiger partial charge in [-0.2, -0.15) is 0 Å². The van der Waals surface area contributed by atoms with Crippen LogP contribution in [0.15, 0.2) is 47.8 Å². The van der Waals surface area contributed by atoms with Crippen LogP contribution in [0.25, 0.3) is 10.6 Å². The molecule has 4 rings (SSSR count). The van der Waals surface area contributed by atoms with Gasteiger partial charge in [-0.3, -0.25) is 4.79 Å². The summed E-state index contributed by atoms with van der Waals surface area (Å²) in [7, 11) is 1.62. The van der Waals surface area contributed by atoms with Gasteiger partial charge >= 0.3 is 0 Å². The van der Waals surface area contributed by atoms with Crippen molar-refractivity contribution in [3.63, 3.8) is 0 Å². The average Bonchev–Trinajstić information content (AvgIpc) is 3.25. The van der Waals surface area contributed by atoms with E-state index in [1.807, 2.05) is 42.5 Å². The van der Waals surface area contributed by atoms with E-state index in [1.165, 1.54) is 11.3 Å². The highest BCUT2D eigenvalue weighted by molar-refractivity contribution is 7.13. The van der Waals surface area contributed by atoms with E-state index in [0.29, 0.717) is 29.6 Å². The summed E-state index contributed by atoms with van der Waals surface area (Å²) in [6.45, 7) is 2.71. The molecule has 0 spiro atoms. The van der Waals surface area contributed by atoms with Gasteiger partial charge in [0, 0.05) is 18.5 Å². The molecule has 29 heavy (non-hydrogen) atoms. The lowest BCUT2D eigenvalue weighted by molar-refractivity contribution is 0.102. The molecular weight excluding hydrogens is 410 g/mol. The van der Waals surface area contributed by atoms with Gasteiger partial charge in [0.25, 0.3) is 5.91 Å². The number of benzene rings is 2. The minimum atomic E-state index is -0.279. The Morgan fingerprint density at radius 1 is 1.21 bits per heavy atom. The zero-order valence-corrected chi connectivity index (χ0v) is 17.4. The number of ether oxygens (including phenoxy) is 2. The topological polar surface area (TPSA) is 63.7 Å². The predicted octanol–water partition coefficient (Wildman–Crippen LogP) is 4.56. The number of nitrogens with one attached hydrogen (secondary N) is 1. The molecule has 3 aromatic rings. The molecule has 0 bridgehead atoms. The molecule has 0 aliphatic carbocycles. The summed E-state index contributed by atoms with van der Waals surface area (Å²) in [5.74, 6) is 0.442. The van der Waals surface area contributed by atoms with E-state index < -0.39 is 0 Å². The molecule has 8 heteroatoms. The number of morpholine rings is 1. The first kappa shape index (κ1) is 19.7. The van der Waals surface area contributed by atoms with Crippen molar-refractivity contribution < 1.29 is 14.3 Å². The molecule has 0 unspecified atom stereocenters. The van der Waals surface area contributed by atoms with Gasteiger partial charge in [-0.25, -0.2) is 4.98 Å². The number of hydrogen-bond acceptors (Lipinski definition) is 6. The van der Waals surface area contributed by atoms with Crippen LogP contribution in [0.1, 0.15) is 10.5 Å². The van der Waals surface area contributed by atoms with Gasteiger partial charge in [0.15, 0.2) is 0 Å². The molecule has 0 saturated carbocycles. The number of carbonyl (C=O) groups excluding carboxylic acids is 1. The molecule has 6 nitrogen and oxygen atoms in total. The molecule has 1 aliphatic heterocycles. The fraction of sp³-hybridized carbons (Fsp3) is 0.238. The summed E-state index contributed by atoms with van der Waals surface area (Å²) in [5.41, 5.74) is 2.68. The summed E-state index contributed by atoms with van der Waals surface area (Å²) in [6.07, 6.45) is 0. The molecule has 1 N–H and O–H groups in total. The smallest absolute Gasteiger partial charge is 0.275 e.